The van der Waals surface area contributed by atoms with Gasteiger partial charge < -0.3 is 4.74 Å². The fraction of sp³-hybridized carbons (Fsp3) is 0.120. The molecular formula is C25H20N2O3. The lowest BCUT2D eigenvalue weighted by Crippen LogP contribution is -2.14. The van der Waals surface area contributed by atoms with Gasteiger partial charge in [0, 0.05) is 48.6 Å². The first kappa shape index (κ1) is 19.5. The van der Waals surface area contributed by atoms with E-state index in [2.05, 4.69) is 9.97 Å². The van der Waals surface area contributed by atoms with Crippen LogP contribution >= 0.6 is 0 Å². The highest BCUT2D eigenvalue weighted by Gasteiger charge is 2.10. The number of Topliss-reactive ketones (excluding diaryl/α,β-unsaturated/α-hetero) is 2. The summed E-state index contributed by atoms with van der Waals surface area (Å²) in [5, 5.41) is 2.09. The van der Waals surface area contributed by atoms with Gasteiger partial charge in [-0.25, -0.2) is 0 Å². The highest BCUT2D eigenvalue weighted by molar-refractivity contribution is 5.97. The van der Waals surface area contributed by atoms with Gasteiger partial charge in [0.25, 0.3) is 0 Å². The minimum Gasteiger partial charge on any atom is -0.486 e. The number of hydrogen-bond acceptors (Lipinski definition) is 5. The van der Waals surface area contributed by atoms with E-state index in [9.17, 15) is 9.59 Å². The van der Waals surface area contributed by atoms with Crippen molar-refractivity contribution in [3.63, 3.8) is 0 Å². The molecule has 2 heterocycles. The van der Waals surface area contributed by atoms with Gasteiger partial charge in [0.1, 0.15) is 12.4 Å². The SMILES string of the molecule is O=C(COc1cccc(C(=O)Cc2ccncc2)c1)Cc1ccc2cnccc2c1. The molecular weight excluding hydrogens is 376 g/mol. The van der Waals surface area contributed by atoms with E-state index in [4.69, 9.17) is 4.74 Å². The monoisotopic (exact) mass is 396 g/mol. The highest BCUT2D eigenvalue weighted by atomic mass is 16.5. The summed E-state index contributed by atoms with van der Waals surface area (Å²) in [6.07, 6.45) is 7.45. The quantitative estimate of drug-likeness (QED) is 0.417. The van der Waals surface area contributed by atoms with Gasteiger partial charge in [-0.1, -0.05) is 30.3 Å². The number of nitrogens with zero attached hydrogens (tertiary/aromatic N) is 2. The van der Waals surface area contributed by atoms with Crippen LogP contribution < -0.4 is 4.74 Å². The molecule has 0 N–H and O–H groups in total. The van der Waals surface area contributed by atoms with Crippen molar-refractivity contribution < 1.29 is 14.3 Å². The Morgan fingerprint density at radius 1 is 0.767 bits per heavy atom. The molecule has 0 atom stereocenters. The van der Waals surface area contributed by atoms with Crippen LogP contribution in [-0.2, 0) is 17.6 Å². The Labute approximate surface area is 174 Å². The molecule has 0 aliphatic heterocycles. The van der Waals surface area contributed by atoms with Crippen molar-refractivity contribution in [3.05, 3.63) is 102 Å². The summed E-state index contributed by atoms with van der Waals surface area (Å²) in [7, 11) is 0. The predicted octanol–water partition coefficient (Wildman–Crippen LogP) is 4.25. The number of benzene rings is 2. The average Bonchev–Trinajstić information content (AvgIpc) is 2.78. The van der Waals surface area contributed by atoms with E-state index in [1.807, 2.05) is 36.4 Å². The number of ketones is 2. The molecule has 0 fully saturated rings. The van der Waals surface area contributed by atoms with E-state index < -0.39 is 0 Å². The van der Waals surface area contributed by atoms with Crippen LogP contribution in [0.25, 0.3) is 10.8 Å². The lowest BCUT2D eigenvalue weighted by molar-refractivity contribution is -0.120. The van der Waals surface area contributed by atoms with Gasteiger partial charge in [-0.15, -0.1) is 0 Å². The molecule has 30 heavy (non-hydrogen) atoms. The maximum absolute atomic E-state index is 12.5. The molecule has 5 heteroatoms. The van der Waals surface area contributed by atoms with Crippen LogP contribution in [0.4, 0.5) is 0 Å². The molecule has 0 unspecified atom stereocenters. The summed E-state index contributed by atoms with van der Waals surface area (Å²) in [6.45, 7) is -0.0453. The Hall–Kier alpha value is -3.86. The summed E-state index contributed by atoms with van der Waals surface area (Å²) in [4.78, 5) is 32.9. The van der Waals surface area contributed by atoms with Crippen molar-refractivity contribution in [3.8, 4) is 5.75 Å². The molecule has 148 valence electrons. The Kier molecular flexibility index (Phi) is 5.90. The zero-order valence-corrected chi connectivity index (χ0v) is 16.3. The van der Waals surface area contributed by atoms with E-state index >= 15 is 0 Å². The molecule has 2 aromatic heterocycles. The second-order valence-electron chi connectivity index (χ2n) is 7.04. The van der Waals surface area contributed by atoms with E-state index in [0.29, 0.717) is 24.2 Å². The lowest BCUT2D eigenvalue weighted by atomic mass is 10.0. The third-order valence-electron chi connectivity index (χ3n) is 4.78. The first-order valence-corrected chi connectivity index (χ1v) is 9.67. The Balaban J connectivity index is 1.35. The fourth-order valence-corrected chi connectivity index (χ4v) is 3.23. The predicted molar refractivity (Wildman–Crippen MR) is 115 cm³/mol. The van der Waals surface area contributed by atoms with Gasteiger partial charge in [0.2, 0.25) is 0 Å². The normalized spacial score (nSPS) is 10.7. The van der Waals surface area contributed by atoms with Crippen LogP contribution in [0.1, 0.15) is 21.5 Å². The van der Waals surface area contributed by atoms with Crippen molar-refractivity contribution in [1.82, 2.24) is 9.97 Å². The molecule has 0 aliphatic rings. The number of carbonyl (C=O) groups is 2. The molecule has 0 saturated carbocycles. The van der Waals surface area contributed by atoms with E-state index in [1.165, 1.54) is 0 Å². The minimum atomic E-state index is -0.0453. The lowest BCUT2D eigenvalue weighted by Gasteiger charge is -2.08. The van der Waals surface area contributed by atoms with Crippen LogP contribution in [0.15, 0.2) is 85.5 Å². The maximum Gasteiger partial charge on any atom is 0.174 e. The minimum absolute atomic E-state index is 0.0105. The molecule has 4 aromatic rings. The van der Waals surface area contributed by atoms with Crippen molar-refractivity contribution >= 4 is 22.3 Å². The topological polar surface area (TPSA) is 69.2 Å². The van der Waals surface area contributed by atoms with Gasteiger partial charge in [-0.05, 0) is 46.8 Å². The van der Waals surface area contributed by atoms with Gasteiger partial charge in [-0.3, -0.25) is 19.6 Å². The Morgan fingerprint density at radius 3 is 2.47 bits per heavy atom. The number of rotatable bonds is 8. The number of pyridine rings is 2. The van der Waals surface area contributed by atoms with Crippen molar-refractivity contribution in [2.24, 2.45) is 0 Å². The second kappa shape index (κ2) is 9.09. The summed E-state index contributed by atoms with van der Waals surface area (Å²) in [5.41, 5.74) is 2.39. The molecule has 0 radical (unpaired) electrons. The smallest absolute Gasteiger partial charge is 0.174 e. The van der Waals surface area contributed by atoms with Gasteiger partial charge in [0.15, 0.2) is 11.6 Å². The van der Waals surface area contributed by atoms with Crippen LogP contribution in [0.5, 0.6) is 5.75 Å². The van der Waals surface area contributed by atoms with Gasteiger partial charge in [-0.2, -0.15) is 0 Å². The standard InChI is InChI=1S/C25H20N2O3/c28-23(13-19-4-5-22-16-27-11-8-20(22)12-19)17-30-24-3-1-2-21(15-24)25(29)14-18-6-9-26-10-7-18/h1-12,15-16H,13-14,17H2. The number of ether oxygens (including phenoxy) is 1. The molecule has 5 nitrogen and oxygen atoms in total. The zero-order valence-electron chi connectivity index (χ0n) is 16.3. The first-order valence-electron chi connectivity index (χ1n) is 9.67. The molecule has 0 aliphatic carbocycles. The average molecular weight is 396 g/mol. The van der Waals surface area contributed by atoms with Crippen molar-refractivity contribution in [2.75, 3.05) is 6.61 Å². The molecule has 0 amide bonds. The fourth-order valence-electron chi connectivity index (χ4n) is 3.23. The summed E-state index contributed by atoms with van der Waals surface area (Å²) in [5.74, 6) is 0.467. The third-order valence-corrected chi connectivity index (χ3v) is 4.78. The van der Waals surface area contributed by atoms with Gasteiger partial charge >= 0.3 is 0 Å². The summed E-state index contributed by atoms with van der Waals surface area (Å²) < 4.78 is 5.65. The molecule has 2 aromatic carbocycles. The molecule has 0 spiro atoms. The maximum atomic E-state index is 12.5. The number of fused-ring (bicyclic) bond motifs is 1. The molecule has 0 bridgehead atoms. The third kappa shape index (κ3) is 4.94. The van der Waals surface area contributed by atoms with E-state index in [1.54, 1.807) is 49.1 Å². The number of aromatic nitrogens is 2. The Morgan fingerprint density at radius 2 is 1.60 bits per heavy atom. The molecule has 0 saturated heterocycles. The van der Waals surface area contributed by atoms with Crippen LogP contribution in [0.3, 0.4) is 0 Å². The highest BCUT2D eigenvalue weighted by Crippen LogP contribution is 2.17. The van der Waals surface area contributed by atoms with Gasteiger partial charge in [0.05, 0.1) is 0 Å². The zero-order chi connectivity index (χ0) is 20.8. The largest absolute Gasteiger partial charge is 0.486 e. The van der Waals surface area contributed by atoms with E-state index in [-0.39, 0.29) is 18.2 Å². The van der Waals surface area contributed by atoms with Crippen LogP contribution in [0.2, 0.25) is 0 Å². The summed E-state index contributed by atoms with van der Waals surface area (Å²) in [6, 6.07) is 18.4. The Bertz CT molecular complexity index is 1190. The summed E-state index contributed by atoms with van der Waals surface area (Å²) >= 11 is 0. The first-order chi connectivity index (χ1) is 14.7. The number of hydrogen-bond donors (Lipinski definition) is 0. The van der Waals surface area contributed by atoms with E-state index in [0.717, 1.165) is 21.9 Å². The van der Waals surface area contributed by atoms with Crippen LogP contribution in [-0.4, -0.2) is 28.1 Å². The van der Waals surface area contributed by atoms with Crippen molar-refractivity contribution in [1.29, 1.82) is 0 Å². The second-order valence-corrected chi connectivity index (χ2v) is 7.04. The molecule has 4 rings (SSSR count). The van der Waals surface area contributed by atoms with Crippen molar-refractivity contribution in [2.45, 2.75) is 12.8 Å². The number of carbonyl (C=O) groups excluding carboxylic acids is 2. The van der Waals surface area contributed by atoms with Crippen LogP contribution in [0, 0.1) is 0 Å².